The zero-order valence-corrected chi connectivity index (χ0v) is 12.9. The van der Waals surface area contributed by atoms with Crippen LogP contribution < -0.4 is 5.32 Å². The minimum atomic E-state index is -0.255. The third kappa shape index (κ3) is 3.77. The molecule has 1 aliphatic heterocycles. The number of H-pyrrole nitrogens is 1. The van der Waals surface area contributed by atoms with Crippen LogP contribution in [0.2, 0.25) is 0 Å². The summed E-state index contributed by atoms with van der Waals surface area (Å²) in [6.07, 6.45) is 6.07. The van der Waals surface area contributed by atoms with Crippen molar-refractivity contribution in [3.63, 3.8) is 0 Å². The monoisotopic (exact) mass is 312 g/mol. The van der Waals surface area contributed by atoms with Gasteiger partial charge in [0.2, 0.25) is 0 Å². The van der Waals surface area contributed by atoms with Gasteiger partial charge in [-0.2, -0.15) is 5.10 Å². The highest BCUT2D eigenvalue weighted by molar-refractivity contribution is 6.03. The number of nitrogens with one attached hydrogen (secondary N) is 2. The number of aromatic amines is 1. The van der Waals surface area contributed by atoms with Crippen LogP contribution in [0.15, 0.2) is 36.5 Å². The number of rotatable bonds is 3. The highest BCUT2D eigenvalue weighted by Crippen LogP contribution is 2.16. The summed E-state index contributed by atoms with van der Waals surface area (Å²) in [5.41, 5.74) is 1.71. The van der Waals surface area contributed by atoms with Gasteiger partial charge in [-0.3, -0.25) is 14.7 Å². The third-order valence-corrected chi connectivity index (χ3v) is 4.03. The van der Waals surface area contributed by atoms with Crippen LogP contribution in [0.3, 0.4) is 0 Å². The van der Waals surface area contributed by atoms with E-state index in [1.165, 1.54) is 19.0 Å². The number of aromatic nitrogens is 2. The summed E-state index contributed by atoms with van der Waals surface area (Å²) in [6, 6.07) is 8.62. The Morgan fingerprint density at radius 2 is 1.70 bits per heavy atom. The van der Waals surface area contributed by atoms with E-state index in [1.54, 1.807) is 30.3 Å². The SMILES string of the molecule is O=C(Nc1ccc(C(=O)N2CCCCCC2)cc1)c1ccn[nH]1. The van der Waals surface area contributed by atoms with Crippen LogP contribution in [-0.2, 0) is 0 Å². The lowest BCUT2D eigenvalue weighted by Crippen LogP contribution is -2.31. The van der Waals surface area contributed by atoms with Crippen molar-refractivity contribution in [1.29, 1.82) is 0 Å². The summed E-state index contributed by atoms with van der Waals surface area (Å²) in [4.78, 5) is 26.3. The Morgan fingerprint density at radius 1 is 1.00 bits per heavy atom. The predicted molar refractivity (Wildman–Crippen MR) is 87.4 cm³/mol. The Bertz CT molecular complexity index is 656. The Hall–Kier alpha value is -2.63. The summed E-state index contributed by atoms with van der Waals surface area (Å²) >= 11 is 0. The molecule has 3 rings (SSSR count). The van der Waals surface area contributed by atoms with Crippen molar-refractivity contribution in [2.75, 3.05) is 18.4 Å². The van der Waals surface area contributed by atoms with Crippen LogP contribution in [0, 0.1) is 0 Å². The lowest BCUT2D eigenvalue weighted by atomic mass is 10.1. The van der Waals surface area contributed by atoms with Gasteiger partial charge in [0.15, 0.2) is 0 Å². The fraction of sp³-hybridized carbons (Fsp3) is 0.353. The summed E-state index contributed by atoms with van der Waals surface area (Å²) in [5, 5.41) is 9.12. The zero-order valence-electron chi connectivity index (χ0n) is 12.9. The van der Waals surface area contributed by atoms with Gasteiger partial charge in [-0.15, -0.1) is 0 Å². The fourth-order valence-corrected chi connectivity index (χ4v) is 2.73. The van der Waals surface area contributed by atoms with Gasteiger partial charge in [0.1, 0.15) is 5.69 Å². The van der Waals surface area contributed by atoms with Crippen molar-refractivity contribution in [3.05, 3.63) is 47.8 Å². The molecule has 6 heteroatoms. The summed E-state index contributed by atoms with van der Waals surface area (Å²) in [5.74, 6) is -0.188. The van der Waals surface area contributed by atoms with Crippen molar-refractivity contribution in [1.82, 2.24) is 15.1 Å². The number of likely N-dealkylation sites (tertiary alicyclic amines) is 1. The van der Waals surface area contributed by atoms with E-state index >= 15 is 0 Å². The van der Waals surface area contributed by atoms with Crippen LogP contribution in [0.4, 0.5) is 5.69 Å². The van der Waals surface area contributed by atoms with E-state index in [2.05, 4.69) is 15.5 Å². The minimum absolute atomic E-state index is 0.0679. The van der Waals surface area contributed by atoms with Gasteiger partial charge in [-0.25, -0.2) is 0 Å². The highest BCUT2D eigenvalue weighted by atomic mass is 16.2. The molecule has 0 radical (unpaired) electrons. The van der Waals surface area contributed by atoms with Crippen molar-refractivity contribution in [3.8, 4) is 0 Å². The van der Waals surface area contributed by atoms with Gasteiger partial charge in [0, 0.05) is 30.5 Å². The molecule has 0 bridgehead atoms. The number of hydrogen-bond acceptors (Lipinski definition) is 3. The largest absolute Gasteiger partial charge is 0.339 e. The first-order valence-corrected chi connectivity index (χ1v) is 7.94. The minimum Gasteiger partial charge on any atom is -0.339 e. The molecule has 1 aromatic carbocycles. The zero-order chi connectivity index (χ0) is 16.1. The number of nitrogens with zero attached hydrogens (tertiary/aromatic N) is 2. The Balaban J connectivity index is 1.64. The molecule has 1 saturated heterocycles. The molecule has 0 spiro atoms. The normalized spacial score (nSPS) is 15.0. The van der Waals surface area contributed by atoms with Gasteiger partial charge in [-0.05, 0) is 43.2 Å². The van der Waals surface area contributed by atoms with Gasteiger partial charge in [-0.1, -0.05) is 12.8 Å². The average molecular weight is 312 g/mol. The second kappa shape index (κ2) is 7.09. The Kier molecular flexibility index (Phi) is 4.71. The number of anilines is 1. The smallest absolute Gasteiger partial charge is 0.273 e. The lowest BCUT2D eigenvalue weighted by Gasteiger charge is -2.20. The maximum Gasteiger partial charge on any atom is 0.273 e. The average Bonchev–Trinajstić information content (AvgIpc) is 2.98. The van der Waals surface area contributed by atoms with E-state index in [0.29, 0.717) is 16.9 Å². The van der Waals surface area contributed by atoms with E-state index in [1.807, 2.05) is 4.90 Å². The quantitative estimate of drug-likeness (QED) is 0.914. The fourth-order valence-electron chi connectivity index (χ4n) is 2.73. The van der Waals surface area contributed by atoms with E-state index in [4.69, 9.17) is 0 Å². The molecule has 1 aromatic heterocycles. The molecule has 6 nitrogen and oxygen atoms in total. The highest BCUT2D eigenvalue weighted by Gasteiger charge is 2.17. The van der Waals surface area contributed by atoms with Crippen LogP contribution in [0.25, 0.3) is 0 Å². The predicted octanol–water partition coefficient (Wildman–Crippen LogP) is 2.68. The molecule has 1 aliphatic rings. The Morgan fingerprint density at radius 3 is 2.30 bits per heavy atom. The molecule has 2 N–H and O–H groups in total. The van der Waals surface area contributed by atoms with E-state index in [-0.39, 0.29) is 11.8 Å². The number of hydrogen-bond donors (Lipinski definition) is 2. The first-order valence-electron chi connectivity index (χ1n) is 7.94. The lowest BCUT2D eigenvalue weighted by molar-refractivity contribution is 0.0761. The molecular formula is C17H20N4O2. The molecule has 120 valence electrons. The molecule has 0 aliphatic carbocycles. The molecule has 0 saturated carbocycles. The van der Waals surface area contributed by atoms with Crippen LogP contribution >= 0.6 is 0 Å². The van der Waals surface area contributed by atoms with Crippen molar-refractivity contribution in [2.45, 2.75) is 25.7 Å². The maximum absolute atomic E-state index is 12.5. The summed E-state index contributed by atoms with van der Waals surface area (Å²) in [7, 11) is 0. The molecule has 2 aromatic rings. The van der Waals surface area contributed by atoms with Gasteiger partial charge < -0.3 is 10.2 Å². The second-order valence-corrected chi connectivity index (χ2v) is 5.71. The first kappa shape index (κ1) is 15.3. The van der Waals surface area contributed by atoms with E-state index in [0.717, 1.165) is 25.9 Å². The van der Waals surface area contributed by atoms with Crippen molar-refractivity contribution < 1.29 is 9.59 Å². The molecule has 23 heavy (non-hydrogen) atoms. The van der Waals surface area contributed by atoms with E-state index < -0.39 is 0 Å². The van der Waals surface area contributed by atoms with Gasteiger partial charge in [0.05, 0.1) is 0 Å². The number of carbonyl (C=O) groups is 2. The van der Waals surface area contributed by atoms with Crippen molar-refractivity contribution >= 4 is 17.5 Å². The summed E-state index contributed by atoms with van der Waals surface area (Å²) in [6.45, 7) is 1.66. The molecule has 2 amide bonds. The molecular weight excluding hydrogens is 292 g/mol. The topological polar surface area (TPSA) is 78.1 Å². The third-order valence-electron chi connectivity index (χ3n) is 4.03. The van der Waals surface area contributed by atoms with Gasteiger partial charge in [0.25, 0.3) is 11.8 Å². The van der Waals surface area contributed by atoms with Gasteiger partial charge >= 0.3 is 0 Å². The number of carbonyl (C=O) groups excluding carboxylic acids is 2. The van der Waals surface area contributed by atoms with Crippen LogP contribution in [-0.4, -0.2) is 40.0 Å². The molecule has 0 atom stereocenters. The van der Waals surface area contributed by atoms with E-state index in [9.17, 15) is 9.59 Å². The number of benzene rings is 1. The second-order valence-electron chi connectivity index (χ2n) is 5.71. The molecule has 1 fully saturated rings. The van der Waals surface area contributed by atoms with Crippen LogP contribution in [0.1, 0.15) is 46.5 Å². The summed E-state index contributed by atoms with van der Waals surface area (Å²) < 4.78 is 0. The maximum atomic E-state index is 12.5. The molecule has 0 unspecified atom stereocenters. The molecule has 2 heterocycles. The first-order chi connectivity index (χ1) is 11.2. The van der Waals surface area contributed by atoms with Crippen molar-refractivity contribution in [2.24, 2.45) is 0 Å². The number of amides is 2. The Labute approximate surface area is 134 Å². The standard InChI is InChI=1S/C17H20N4O2/c22-16(15-9-10-18-20-15)19-14-7-5-13(6-8-14)17(23)21-11-3-1-2-4-12-21/h5-10H,1-4,11-12H2,(H,18,20)(H,19,22). The van der Waals surface area contributed by atoms with Crippen LogP contribution in [0.5, 0.6) is 0 Å².